The van der Waals surface area contributed by atoms with Crippen LogP contribution in [0, 0.1) is 11.8 Å². The smallest absolute Gasteiger partial charge is 0.0503 e. The van der Waals surface area contributed by atoms with E-state index in [4.69, 9.17) is 0 Å². The summed E-state index contributed by atoms with van der Waals surface area (Å²) in [5.74, 6) is 2.38. The van der Waals surface area contributed by atoms with Crippen LogP contribution in [-0.2, 0) is 10.8 Å². The van der Waals surface area contributed by atoms with Crippen LogP contribution in [0.2, 0.25) is 0 Å². The second kappa shape index (κ2) is 8.31. The topological polar surface area (TPSA) is 29.1 Å². The Bertz CT molecular complexity index is 255. The van der Waals surface area contributed by atoms with Gasteiger partial charge >= 0.3 is 0 Å². The summed E-state index contributed by atoms with van der Waals surface area (Å²) in [6.45, 7) is 10.0. The van der Waals surface area contributed by atoms with E-state index in [1.54, 1.807) is 0 Å². The first-order valence-corrected chi connectivity index (χ1v) is 9.08. The molecule has 0 saturated heterocycles. The fourth-order valence-electron chi connectivity index (χ4n) is 2.97. The third kappa shape index (κ3) is 4.65. The van der Waals surface area contributed by atoms with Crippen LogP contribution in [0.4, 0.5) is 0 Å². The predicted octanol–water partition coefficient (Wildman–Crippen LogP) is 3.34. The molecule has 108 valence electrons. The van der Waals surface area contributed by atoms with Gasteiger partial charge in [-0.2, -0.15) is 0 Å². The maximum atomic E-state index is 12.4. The molecule has 0 amide bonds. The third-order valence-electron chi connectivity index (χ3n) is 4.17. The Hall–Kier alpha value is 0.110. The molecule has 1 fully saturated rings. The fraction of sp³-hybridized carbons (Fsp3) is 1.00. The van der Waals surface area contributed by atoms with Crippen molar-refractivity contribution in [3.63, 3.8) is 0 Å². The molecule has 0 bridgehead atoms. The van der Waals surface area contributed by atoms with E-state index in [-0.39, 0.29) is 0 Å². The van der Waals surface area contributed by atoms with Crippen molar-refractivity contribution in [1.82, 2.24) is 5.32 Å². The van der Waals surface area contributed by atoms with Crippen LogP contribution < -0.4 is 5.32 Å². The van der Waals surface area contributed by atoms with Gasteiger partial charge in [0.1, 0.15) is 0 Å². The van der Waals surface area contributed by atoms with Gasteiger partial charge in [-0.1, -0.05) is 27.7 Å². The molecular formula is C15H31NOS. The average molecular weight is 273 g/mol. The summed E-state index contributed by atoms with van der Waals surface area (Å²) < 4.78 is 12.4. The van der Waals surface area contributed by atoms with Gasteiger partial charge in [0.15, 0.2) is 0 Å². The van der Waals surface area contributed by atoms with Crippen LogP contribution in [0.15, 0.2) is 0 Å². The second-order valence-electron chi connectivity index (χ2n) is 6.00. The van der Waals surface area contributed by atoms with E-state index in [2.05, 4.69) is 33.0 Å². The first kappa shape index (κ1) is 16.2. The molecule has 1 N–H and O–H groups in total. The fourth-order valence-corrected chi connectivity index (χ4v) is 4.74. The number of hydrogen-bond acceptors (Lipinski definition) is 2. The molecule has 0 aromatic rings. The normalized spacial score (nSPS) is 30.6. The first-order valence-electron chi connectivity index (χ1n) is 7.70. The molecule has 0 aliphatic heterocycles. The van der Waals surface area contributed by atoms with E-state index in [0.29, 0.717) is 11.3 Å². The summed E-state index contributed by atoms with van der Waals surface area (Å²) in [5.41, 5.74) is 0. The Balaban J connectivity index is 2.63. The lowest BCUT2D eigenvalue weighted by molar-refractivity contribution is 0.243. The molecule has 1 aliphatic rings. The van der Waals surface area contributed by atoms with Crippen LogP contribution in [-0.4, -0.2) is 27.8 Å². The lowest BCUT2D eigenvalue weighted by atomic mass is 9.79. The minimum Gasteiger partial charge on any atom is -0.313 e. The molecule has 0 aromatic heterocycles. The molecule has 0 aromatic carbocycles. The molecule has 1 saturated carbocycles. The van der Waals surface area contributed by atoms with Gasteiger partial charge in [-0.3, -0.25) is 4.21 Å². The monoisotopic (exact) mass is 273 g/mol. The molecule has 2 nitrogen and oxygen atoms in total. The van der Waals surface area contributed by atoms with Gasteiger partial charge in [0.2, 0.25) is 0 Å². The highest BCUT2D eigenvalue weighted by Crippen LogP contribution is 2.33. The van der Waals surface area contributed by atoms with Crippen molar-refractivity contribution >= 4 is 10.8 Å². The number of nitrogens with one attached hydrogen (secondary N) is 1. The van der Waals surface area contributed by atoms with E-state index >= 15 is 0 Å². The standard InChI is InChI=1S/C15H31NOS/c1-5-9-16-14-8-7-13(12(3)4)11-15(14)18(17)10-6-2/h12-16H,5-11H2,1-4H3. The molecule has 4 atom stereocenters. The SMILES string of the molecule is CCCNC1CCC(C(C)C)CC1S(=O)CCC. The minimum atomic E-state index is -0.640. The maximum absolute atomic E-state index is 12.4. The Labute approximate surface area is 116 Å². The highest BCUT2D eigenvalue weighted by atomic mass is 32.2. The van der Waals surface area contributed by atoms with Crippen molar-refractivity contribution < 1.29 is 4.21 Å². The quantitative estimate of drug-likeness (QED) is 0.771. The summed E-state index contributed by atoms with van der Waals surface area (Å²) in [6.07, 6.45) is 5.88. The molecular weight excluding hydrogens is 242 g/mol. The minimum absolute atomic E-state index is 0.387. The van der Waals surface area contributed by atoms with E-state index in [1.807, 2.05) is 0 Å². The zero-order chi connectivity index (χ0) is 13.5. The van der Waals surface area contributed by atoms with E-state index in [0.717, 1.165) is 43.4 Å². The zero-order valence-electron chi connectivity index (χ0n) is 12.6. The van der Waals surface area contributed by atoms with Gasteiger partial charge in [-0.15, -0.1) is 0 Å². The average Bonchev–Trinajstić information content (AvgIpc) is 2.36. The summed E-state index contributed by atoms with van der Waals surface area (Å²) in [7, 11) is -0.640. The molecule has 1 aliphatic carbocycles. The Morgan fingerprint density at radius 3 is 2.50 bits per heavy atom. The highest BCUT2D eigenvalue weighted by molar-refractivity contribution is 7.85. The van der Waals surface area contributed by atoms with Crippen LogP contribution in [0.5, 0.6) is 0 Å². The van der Waals surface area contributed by atoms with Crippen LogP contribution >= 0.6 is 0 Å². The largest absolute Gasteiger partial charge is 0.313 e. The molecule has 0 radical (unpaired) electrons. The van der Waals surface area contributed by atoms with Gasteiger partial charge in [0.25, 0.3) is 0 Å². The lowest BCUT2D eigenvalue weighted by Gasteiger charge is -2.37. The van der Waals surface area contributed by atoms with Crippen LogP contribution in [0.1, 0.15) is 59.8 Å². The number of hydrogen-bond donors (Lipinski definition) is 1. The Morgan fingerprint density at radius 2 is 1.94 bits per heavy atom. The van der Waals surface area contributed by atoms with Crippen molar-refractivity contribution in [3.8, 4) is 0 Å². The van der Waals surface area contributed by atoms with Gasteiger partial charge in [0.05, 0.1) is 5.25 Å². The molecule has 0 spiro atoms. The zero-order valence-corrected chi connectivity index (χ0v) is 13.4. The molecule has 0 heterocycles. The Kier molecular flexibility index (Phi) is 7.47. The van der Waals surface area contributed by atoms with Crippen molar-refractivity contribution in [1.29, 1.82) is 0 Å². The first-order chi connectivity index (χ1) is 8.60. The van der Waals surface area contributed by atoms with E-state index in [1.165, 1.54) is 12.8 Å². The molecule has 18 heavy (non-hydrogen) atoms. The maximum Gasteiger partial charge on any atom is 0.0503 e. The predicted molar refractivity (Wildman–Crippen MR) is 81.3 cm³/mol. The number of rotatable bonds is 7. The summed E-state index contributed by atoms with van der Waals surface area (Å²) in [5, 5.41) is 4.01. The van der Waals surface area contributed by atoms with E-state index < -0.39 is 10.8 Å². The van der Waals surface area contributed by atoms with Crippen LogP contribution in [0.25, 0.3) is 0 Å². The Morgan fingerprint density at radius 1 is 1.22 bits per heavy atom. The van der Waals surface area contributed by atoms with Crippen molar-refractivity contribution in [2.24, 2.45) is 11.8 Å². The van der Waals surface area contributed by atoms with Gasteiger partial charge in [-0.25, -0.2) is 0 Å². The lowest BCUT2D eigenvalue weighted by Crippen LogP contribution is -2.47. The molecule has 1 rings (SSSR count). The second-order valence-corrected chi connectivity index (χ2v) is 7.78. The molecule has 4 unspecified atom stereocenters. The third-order valence-corrected chi connectivity index (χ3v) is 6.18. The van der Waals surface area contributed by atoms with Gasteiger partial charge in [0, 0.05) is 22.6 Å². The van der Waals surface area contributed by atoms with Crippen molar-refractivity contribution in [3.05, 3.63) is 0 Å². The van der Waals surface area contributed by atoms with Crippen molar-refractivity contribution in [2.45, 2.75) is 71.1 Å². The van der Waals surface area contributed by atoms with Gasteiger partial charge in [-0.05, 0) is 50.5 Å². The van der Waals surface area contributed by atoms with E-state index in [9.17, 15) is 4.21 Å². The summed E-state index contributed by atoms with van der Waals surface area (Å²) >= 11 is 0. The summed E-state index contributed by atoms with van der Waals surface area (Å²) in [6, 6.07) is 0.493. The van der Waals surface area contributed by atoms with Crippen molar-refractivity contribution in [2.75, 3.05) is 12.3 Å². The highest BCUT2D eigenvalue weighted by Gasteiger charge is 2.34. The molecule has 3 heteroatoms. The van der Waals surface area contributed by atoms with Crippen LogP contribution in [0.3, 0.4) is 0 Å². The summed E-state index contributed by atoms with van der Waals surface area (Å²) in [4.78, 5) is 0. The van der Waals surface area contributed by atoms with Gasteiger partial charge < -0.3 is 5.32 Å².